The minimum Gasteiger partial charge on any atom is -0.548 e. The zero-order valence-electron chi connectivity index (χ0n) is 13.2. The molecule has 0 bridgehead atoms. The number of hydrogen-bond donors (Lipinski definition) is 1. The molecule has 1 atom stereocenters. The van der Waals surface area contributed by atoms with Gasteiger partial charge in [-0.2, -0.15) is 0 Å². The maximum atomic E-state index is 10.4. The van der Waals surface area contributed by atoms with E-state index < -0.39 is 12.0 Å². The molecule has 1 unspecified atom stereocenters. The summed E-state index contributed by atoms with van der Waals surface area (Å²) in [4.78, 5) is 10.4. The van der Waals surface area contributed by atoms with Gasteiger partial charge in [0, 0.05) is 6.04 Å². The van der Waals surface area contributed by atoms with Crippen molar-refractivity contribution in [3.8, 4) is 0 Å². The van der Waals surface area contributed by atoms with Crippen molar-refractivity contribution in [2.75, 3.05) is 6.54 Å². The minimum absolute atomic E-state index is 0. The van der Waals surface area contributed by atoms with Crippen LogP contribution in [-0.4, -0.2) is 18.6 Å². The Morgan fingerprint density at radius 1 is 0.947 bits per heavy atom. The normalized spacial score (nSPS) is 11.9. The molecule has 19 heavy (non-hydrogen) atoms. The largest absolute Gasteiger partial charge is 1.00 e. The SMILES string of the molecule is CCCCCCCCCCCCNC(C)C(=O)[O-].[Na+]. The summed E-state index contributed by atoms with van der Waals surface area (Å²) >= 11 is 0. The summed E-state index contributed by atoms with van der Waals surface area (Å²) in [5.41, 5.74) is 0. The monoisotopic (exact) mass is 279 g/mol. The van der Waals surface area contributed by atoms with Gasteiger partial charge in [0.05, 0.1) is 5.97 Å². The summed E-state index contributed by atoms with van der Waals surface area (Å²) in [5, 5.41) is 13.4. The molecule has 4 heteroatoms. The predicted molar refractivity (Wildman–Crippen MR) is 74.3 cm³/mol. The van der Waals surface area contributed by atoms with Gasteiger partial charge in [-0.3, -0.25) is 0 Å². The topological polar surface area (TPSA) is 52.2 Å². The van der Waals surface area contributed by atoms with E-state index in [4.69, 9.17) is 0 Å². The summed E-state index contributed by atoms with van der Waals surface area (Å²) in [6.45, 7) is 4.66. The average Bonchev–Trinajstić information content (AvgIpc) is 2.35. The number of hydrogen-bond acceptors (Lipinski definition) is 3. The van der Waals surface area contributed by atoms with Crippen LogP contribution < -0.4 is 40.0 Å². The molecule has 0 radical (unpaired) electrons. The third kappa shape index (κ3) is 16.4. The summed E-state index contributed by atoms with van der Waals surface area (Å²) in [5.74, 6) is -1.01. The molecule has 0 aliphatic carbocycles. The van der Waals surface area contributed by atoms with Gasteiger partial charge in [0.2, 0.25) is 0 Å². The molecule has 108 valence electrons. The molecule has 0 fully saturated rings. The molecule has 0 spiro atoms. The van der Waals surface area contributed by atoms with Crippen molar-refractivity contribution >= 4 is 5.97 Å². The molecule has 0 aromatic rings. The first-order valence-electron chi connectivity index (χ1n) is 7.62. The van der Waals surface area contributed by atoms with Crippen LogP contribution in [0.3, 0.4) is 0 Å². The molecular formula is C15H30NNaO2. The number of nitrogens with one attached hydrogen (secondary N) is 1. The van der Waals surface area contributed by atoms with E-state index in [9.17, 15) is 9.90 Å². The van der Waals surface area contributed by atoms with Crippen molar-refractivity contribution in [2.45, 2.75) is 84.1 Å². The minimum atomic E-state index is -1.01. The first kappa shape index (κ1) is 21.7. The van der Waals surface area contributed by atoms with E-state index in [1.165, 1.54) is 57.8 Å². The van der Waals surface area contributed by atoms with Crippen LogP contribution in [0.25, 0.3) is 0 Å². The number of carboxylic acid groups (broad SMARTS) is 1. The van der Waals surface area contributed by atoms with Crippen molar-refractivity contribution in [3.63, 3.8) is 0 Å². The smallest absolute Gasteiger partial charge is 0.548 e. The Morgan fingerprint density at radius 3 is 1.79 bits per heavy atom. The second-order valence-electron chi connectivity index (χ2n) is 5.18. The van der Waals surface area contributed by atoms with E-state index in [1.807, 2.05) is 0 Å². The molecule has 0 amide bonds. The van der Waals surface area contributed by atoms with Crippen molar-refractivity contribution in [1.82, 2.24) is 5.32 Å². The maximum Gasteiger partial charge on any atom is 1.00 e. The molecule has 0 saturated heterocycles. The first-order chi connectivity index (χ1) is 8.68. The molecule has 0 aromatic heterocycles. The molecule has 0 aromatic carbocycles. The van der Waals surface area contributed by atoms with Gasteiger partial charge < -0.3 is 15.2 Å². The summed E-state index contributed by atoms with van der Waals surface area (Å²) < 4.78 is 0. The Balaban J connectivity index is 0. The number of carboxylic acids is 1. The van der Waals surface area contributed by atoms with Crippen molar-refractivity contribution in [3.05, 3.63) is 0 Å². The van der Waals surface area contributed by atoms with Gasteiger partial charge in [-0.1, -0.05) is 64.7 Å². The number of rotatable bonds is 13. The van der Waals surface area contributed by atoms with Crippen molar-refractivity contribution in [2.24, 2.45) is 0 Å². The predicted octanol–water partition coefficient (Wildman–Crippen LogP) is -0.361. The Hall–Kier alpha value is 0.430. The molecular weight excluding hydrogens is 249 g/mol. The van der Waals surface area contributed by atoms with Crippen molar-refractivity contribution in [1.29, 1.82) is 0 Å². The average molecular weight is 279 g/mol. The van der Waals surface area contributed by atoms with Gasteiger partial charge >= 0.3 is 29.6 Å². The van der Waals surface area contributed by atoms with Crippen LogP contribution >= 0.6 is 0 Å². The molecule has 3 nitrogen and oxygen atoms in total. The maximum absolute atomic E-state index is 10.4. The van der Waals surface area contributed by atoms with E-state index >= 15 is 0 Å². The molecule has 0 rings (SSSR count). The summed E-state index contributed by atoms with van der Waals surface area (Å²) in [6.07, 6.45) is 13.1. The fourth-order valence-electron chi connectivity index (χ4n) is 2.01. The number of carbonyl (C=O) groups is 1. The van der Waals surface area contributed by atoms with Gasteiger partial charge in [0.15, 0.2) is 0 Å². The molecule has 0 aliphatic heterocycles. The Morgan fingerprint density at radius 2 is 1.37 bits per heavy atom. The second kappa shape index (κ2) is 16.5. The van der Waals surface area contributed by atoms with E-state index in [0.29, 0.717) is 0 Å². The van der Waals surface area contributed by atoms with E-state index in [0.717, 1.165) is 13.0 Å². The quantitative estimate of drug-likeness (QED) is 0.370. The second-order valence-corrected chi connectivity index (χ2v) is 5.18. The Labute approximate surface area is 141 Å². The summed E-state index contributed by atoms with van der Waals surface area (Å²) in [6, 6.07) is -0.524. The molecule has 1 N–H and O–H groups in total. The van der Waals surface area contributed by atoms with Crippen LogP contribution in [0, 0.1) is 0 Å². The zero-order valence-corrected chi connectivity index (χ0v) is 15.2. The van der Waals surface area contributed by atoms with Gasteiger partial charge in [0.1, 0.15) is 0 Å². The Kier molecular flexibility index (Phi) is 18.8. The van der Waals surface area contributed by atoms with Crippen LogP contribution in [0.5, 0.6) is 0 Å². The number of carbonyl (C=O) groups excluding carboxylic acids is 1. The van der Waals surface area contributed by atoms with Crippen LogP contribution in [0.1, 0.15) is 78.1 Å². The standard InChI is InChI=1S/C15H31NO2.Na/c1-3-4-5-6-7-8-9-10-11-12-13-16-14(2)15(17)18;/h14,16H,3-13H2,1-2H3,(H,17,18);/q;+1/p-1. The fourth-order valence-corrected chi connectivity index (χ4v) is 2.01. The van der Waals surface area contributed by atoms with Crippen LogP contribution in [0.15, 0.2) is 0 Å². The van der Waals surface area contributed by atoms with Crippen LogP contribution in [-0.2, 0) is 4.79 Å². The Bertz CT molecular complexity index is 201. The van der Waals surface area contributed by atoms with Gasteiger partial charge in [0.25, 0.3) is 0 Å². The molecule has 0 saturated carbocycles. The third-order valence-corrected chi connectivity index (χ3v) is 3.33. The van der Waals surface area contributed by atoms with Crippen LogP contribution in [0.2, 0.25) is 0 Å². The van der Waals surface area contributed by atoms with Gasteiger partial charge in [-0.25, -0.2) is 0 Å². The summed E-state index contributed by atoms with van der Waals surface area (Å²) in [7, 11) is 0. The first-order valence-corrected chi connectivity index (χ1v) is 7.62. The van der Waals surface area contributed by atoms with Gasteiger partial charge in [-0.05, 0) is 19.9 Å². The van der Waals surface area contributed by atoms with Gasteiger partial charge in [-0.15, -0.1) is 0 Å². The third-order valence-electron chi connectivity index (χ3n) is 3.33. The fraction of sp³-hybridized carbons (Fsp3) is 0.933. The number of unbranched alkanes of at least 4 members (excludes halogenated alkanes) is 9. The van der Waals surface area contributed by atoms with E-state index in [2.05, 4.69) is 12.2 Å². The molecule has 0 heterocycles. The zero-order chi connectivity index (χ0) is 13.6. The number of aliphatic carboxylic acids is 1. The van der Waals surface area contributed by atoms with E-state index in [-0.39, 0.29) is 29.6 Å². The van der Waals surface area contributed by atoms with Crippen LogP contribution in [0.4, 0.5) is 0 Å². The van der Waals surface area contributed by atoms with Crippen molar-refractivity contribution < 1.29 is 39.5 Å². The molecule has 0 aliphatic rings. The van der Waals surface area contributed by atoms with E-state index in [1.54, 1.807) is 6.92 Å².